The zero-order valence-electron chi connectivity index (χ0n) is 21.0. The Bertz CT molecular complexity index is 1820. The molecule has 11 nitrogen and oxygen atoms in total. The van der Waals surface area contributed by atoms with E-state index in [4.69, 9.17) is 15.1 Å². The van der Waals surface area contributed by atoms with Gasteiger partial charge in [-0.2, -0.15) is 9.78 Å². The van der Waals surface area contributed by atoms with Crippen LogP contribution in [0.3, 0.4) is 0 Å². The molecule has 6 aromatic rings. The molecule has 2 aromatic heterocycles. The van der Waals surface area contributed by atoms with Crippen LogP contribution in [0.2, 0.25) is 0 Å². The van der Waals surface area contributed by atoms with Crippen LogP contribution in [0.5, 0.6) is 5.75 Å². The number of nitrogens with two attached hydrogens (primary N) is 1. The number of aromatic nitrogens is 5. The van der Waals surface area contributed by atoms with Gasteiger partial charge in [0.1, 0.15) is 18.1 Å². The molecule has 1 amide bonds. The molecule has 0 bridgehead atoms. The summed E-state index contributed by atoms with van der Waals surface area (Å²) in [5.74, 6) is 0.0264. The van der Waals surface area contributed by atoms with Crippen molar-refractivity contribution in [3.8, 4) is 22.8 Å². The number of nitrogens with zero attached hydrogens (tertiary/aromatic N) is 6. The van der Waals surface area contributed by atoms with Crippen molar-refractivity contribution in [2.24, 2.45) is 5.10 Å². The predicted molar refractivity (Wildman–Crippen MR) is 149 cm³/mol. The summed E-state index contributed by atoms with van der Waals surface area (Å²) >= 11 is 0. The van der Waals surface area contributed by atoms with E-state index in [2.05, 4.69) is 49.4 Å². The van der Waals surface area contributed by atoms with Gasteiger partial charge in [-0.15, -0.1) is 5.10 Å². The number of nitrogens with one attached hydrogen (secondary N) is 1. The summed E-state index contributed by atoms with van der Waals surface area (Å²) in [6.45, 7) is 0.372. The summed E-state index contributed by atoms with van der Waals surface area (Å²) in [4.78, 5) is 13.4. The summed E-state index contributed by atoms with van der Waals surface area (Å²) < 4.78 is 12.0. The van der Waals surface area contributed by atoms with Gasteiger partial charge in [0.05, 0.1) is 6.21 Å². The van der Waals surface area contributed by atoms with Gasteiger partial charge in [-0.1, -0.05) is 90.1 Å². The molecular weight excluding hydrogens is 508 g/mol. The molecule has 11 heteroatoms. The second-order valence-electron chi connectivity index (χ2n) is 8.70. The summed E-state index contributed by atoms with van der Waals surface area (Å²) in [7, 11) is 0. The minimum atomic E-state index is -0.586. The second kappa shape index (κ2) is 10.9. The van der Waals surface area contributed by atoms with Crippen molar-refractivity contribution in [1.82, 2.24) is 30.7 Å². The molecule has 0 aliphatic heterocycles. The number of hydrogen-bond donors (Lipinski definition) is 2. The molecule has 40 heavy (non-hydrogen) atoms. The number of fused-ring (bicyclic) bond motifs is 1. The van der Waals surface area contributed by atoms with Gasteiger partial charge in [-0.3, -0.25) is 4.79 Å². The van der Waals surface area contributed by atoms with E-state index in [1.165, 1.54) is 10.9 Å². The molecule has 0 unspecified atom stereocenters. The highest BCUT2D eigenvalue weighted by atomic mass is 16.6. The summed E-state index contributed by atoms with van der Waals surface area (Å²) in [6, 6.07) is 30.8. The van der Waals surface area contributed by atoms with Crippen LogP contribution in [0.15, 0.2) is 107 Å². The lowest BCUT2D eigenvalue weighted by atomic mass is 10.1. The monoisotopic (exact) mass is 530 g/mol. The van der Waals surface area contributed by atoms with Gasteiger partial charge in [0.25, 0.3) is 5.91 Å². The highest BCUT2D eigenvalue weighted by Crippen LogP contribution is 2.25. The number of hydrazone groups is 1. The average Bonchev–Trinajstić information content (AvgIpc) is 3.63. The predicted octanol–water partition coefficient (Wildman–Crippen LogP) is 4.40. The quantitative estimate of drug-likeness (QED) is 0.218. The van der Waals surface area contributed by atoms with E-state index in [9.17, 15) is 4.79 Å². The molecule has 0 radical (unpaired) electrons. The third-order valence-corrected chi connectivity index (χ3v) is 6.18. The molecular formula is C29H22N8O3. The number of anilines is 1. The van der Waals surface area contributed by atoms with E-state index in [-0.39, 0.29) is 17.3 Å². The standard InChI is InChI=1S/C29H22N8O3/c30-27-28(35-40-34-27)37-26(25(32-36-37)20-10-2-1-3-11-20)29(38)33-31-17-21-12-5-7-16-24(21)39-18-22-14-8-13-19-9-4-6-15-23(19)22/h1-17H,18H2,(H2,30,34)(H,33,38)/b31-17+. The number of rotatable bonds is 8. The normalized spacial score (nSPS) is 11.2. The molecule has 0 aliphatic rings. The molecule has 4 aromatic carbocycles. The van der Waals surface area contributed by atoms with E-state index in [1.54, 1.807) is 0 Å². The molecule has 0 aliphatic carbocycles. The highest BCUT2D eigenvalue weighted by molar-refractivity contribution is 5.99. The van der Waals surface area contributed by atoms with Crippen LogP contribution in [0.1, 0.15) is 21.6 Å². The average molecular weight is 531 g/mol. The van der Waals surface area contributed by atoms with Gasteiger partial charge in [-0.05, 0) is 38.8 Å². The maximum absolute atomic E-state index is 13.4. The van der Waals surface area contributed by atoms with E-state index >= 15 is 0 Å². The maximum Gasteiger partial charge on any atom is 0.292 e. The molecule has 6 rings (SSSR count). The molecule has 0 saturated heterocycles. The molecule has 0 saturated carbocycles. The number of nitrogen functional groups attached to an aromatic ring is 1. The van der Waals surface area contributed by atoms with Gasteiger partial charge in [-0.25, -0.2) is 10.1 Å². The van der Waals surface area contributed by atoms with E-state index in [1.807, 2.05) is 78.9 Å². The fourth-order valence-corrected chi connectivity index (χ4v) is 4.27. The first-order chi connectivity index (χ1) is 19.7. The van der Waals surface area contributed by atoms with Crippen LogP contribution >= 0.6 is 0 Å². The maximum atomic E-state index is 13.4. The Kier molecular flexibility index (Phi) is 6.66. The van der Waals surface area contributed by atoms with Gasteiger partial charge in [0.2, 0.25) is 11.6 Å². The Morgan fingerprint density at radius 3 is 2.58 bits per heavy atom. The zero-order valence-corrected chi connectivity index (χ0v) is 21.0. The van der Waals surface area contributed by atoms with Gasteiger partial charge >= 0.3 is 0 Å². The first kappa shape index (κ1) is 24.5. The van der Waals surface area contributed by atoms with E-state index < -0.39 is 5.91 Å². The van der Waals surface area contributed by atoms with Crippen LogP contribution in [-0.2, 0) is 6.61 Å². The molecule has 0 atom stereocenters. The molecule has 196 valence electrons. The summed E-state index contributed by atoms with van der Waals surface area (Å²) in [5.41, 5.74) is 11.2. The number of ether oxygens (including phenoxy) is 1. The summed E-state index contributed by atoms with van der Waals surface area (Å²) in [5, 5.41) is 22.0. The number of hydrogen-bond acceptors (Lipinski definition) is 9. The Morgan fingerprint density at radius 2 is 1.73 bits per heavy atom. The smallest absolute Gasteiger partial charge is 0.292 e. The number of carbonyl (C=O) groups is 1. The molecule has 2 heterocycles. The second-order valence-corrected chi connectivity index (χ2v) is 8.70. The Labute approximate surface area is 227 Å². The largest absolute Gasteiger partial charge is 0.488 e. The minimum absolute atomic E-state index is 0.0380. The van der Waals surface area contributed by atoms with Crippen LogP contribution in [-0.4, -0.2) is 37.4 Å². The van der Waals surface area contributed by atoms with Crippen molar-refractivity contribution in [1.29, 1.82) is 0 Å². The molecule has 3 N–H and O–H groups in total. The van der Waals surface area contributed by atoms with Crippen LogP contribution in [0.25, 0.3) is 27.8 Å². The number of carbonyl (C=O) groups excluding carboxylic acids is 1. The number of para-hydroxylation sites is 1. The minimum Gasteiger partial charge on any atom is -0.488 e. The third-order valence-electron chi connectivity index (χ3n) is 6.18. The number of benzene rings is 4. The Balaban J connectivity index is 1.24. The van der Waals surface area contributed by atoms with Crippen LogP contribution in [0, 0.1) is 0 Å². The van der Waals surface area contributed by atoms with Crippen molar-refractivity contribution >= 4 is 28.7 Å². The Hall–Kier alpha value is -5.84. The van der Waals surface area contributed by atoms with Crippen molar-refractivity contribution in [2.75, 3.05) is 5.73 Å². The van der Waals surface area contributed by atoms with E-state index in [0.29, 0.717) is 29.2 Å². The SMILES string of the molecule is Nc1nonc1-n1nnc(-c2ccccc2)c1C(=O)N/N=C/c1ccccc1OCc1cccc2ccccc12. The zero-order chi connectivity index (χ0) is 27.3. The highest BCUT2D eigenvalue weighted by Gasteiger charge is 2.25. The lowest BCUT2D eigenvalue weighted by molar-refractivity contribution is 0.0947. The topological polar surface area (TPSA) is 146 Å². The fourth-order valence-electron chi connectivity index (χ4n) is 4.27. The van der Waals surface area contributed by atoms with Crippen LogP contribution < -0.4 is 15.9 Å². The fraction of sp³-hybridized carbons (Fsp3) is 0.0345. The number of amides is 1. The van der Waals surface area contributed by atoms with Crippen molar-refractivity contribution in [2.45, 2.75) is 6.61 Å². The lowest BCUT2D eigenvalue weighted by Crippen LogP contribution is -2.22. The van der Waals surface area contributed by atoms with Crippen molar-refractivity contribution in [3.05, 3.63) is 114 Å². The summed E-state index contributed by atoms with van der Waals surface area (Å²) in [6.07, 6.45) is 1.51. The Morgan fingerprint density at radius 1 is 0.950 bits per heavy atom. The molecule has 0 spiro atoms. The van der Waals surface area contributed by atoms with Crippen LogP contribution in [0.4, 0.5) is 5.82 Å². The van der Waals surface area contributed by atoms with Crippen molar-refractivity contribution < 1.29 is 14.2 Å². The third kappa shape index (κ3) is 4.86. The van der Waals surface area contributed by atoms with E-state index in [0.717, 1.165) is 16.3 Å². The van der Waals surface area contributed by atoms with Gasteiger partial charge in [0, 0.05) is 11.1 Å². The van der Waals surface area contributed by atoms with Gasteiger partial charge in [0.15, 0.2) is 5.69 Å². The first-order valence-corrected chi connectivity index (χ1v) is 12.3. The first-order valence-electron chi connectivity index (χ1n) is 12.3. The van der Waals surface area contributed by atoms with Crippen molar-refractivity contribution in [3.63, 3.8) is 0 Å². The lowest BCUT2D eigenvalue weighted by Gasteiger charge is -2.11. The molecule has 0 fully saturated rings. The van der Waals surface area contributed by atoms with Gasteiger partial charge < -0.3 is 10.5 Å².